The number of β-amino-alcohol motifs (C(OH)–C–C–N with tert-alkyl or cyclic N) is 1. The number of hydrogen-bond donors (Lipinski definition) is 1. The van der Waals surface area contributed by atoms with Gasteiger partial charge in [-0.15, -0.1) is 0 Å². The second-order valence-corrected chi connectivity index (χ2v) is 5.38. The van der Waals surface area contributed by atoms with Crippen LogP contribution in [0.5, 0.6) is 0 Å². The topological polar surface area (TPSA) is 26.7 Å². The molecule has 0 saturated carbocycles. The molecule has 0 spiro atoms. The Labute approximate surface area is 110 Å². The van der Waals surface area contributed by atoms with Crippen LogP contribution in [0.4, 0.5) is 0 Å². The van der Waals surface area contributed by atoms with Gasteiger partial charge >= 0.3 is 0 Å². The molecule has 3 heteroatoms. The molecule has 0 aromatic heterocycles. The largest absolute Gasteiger partial charge is 0.387 e. The predicted molar refractivity (Wildman–Crippen MR) is 74.7 cm³/mol. The molecule has 18 heavy (non-hydrogen) atoms. The van der Waals surface area contributed by atoms with Crippen molar-refractivity contribution in [3.8, 4) is 0 Å². The summed E-state index contributed by atoms with van der Waals surface area (Å²) >= 11 is 0. The maximum atomic E-state index is 10.3. The highest BCUT2D eigenvalue weighted by Gasteiger charge is 2.16. The van der Waals surface area contributed by atoms with Crippen molar-refractivity contribution in [3.63, 3.8) is 0 Å². The smallest absolute Gasteiger partial charge is 0.0916 e. The van der Waals surface area contributed by atoms with Gasteiger partial charge < -0.3 is 10.0 Å². The third-order valence-electron chi connectivity index (χ3n) is 3.71. The monoisotopic (exact) mass is 248 g/mol. The minimum atomic E-state index is -0.367. The molecule has 1 fully saturated rings. The first-order valence-electron chi connectivity index (χ1n) is 6.80. The van der Waals surface area contributed by atoms with Crippen LogP contribution in [-0.4, -0.2) is 54.7 Å². The fraction of sp³-hybridized carbons (Fsp3) is 0.600. The normalized spacial score (nSPS) is 20.6. The number of rotatable bonds is 3. The molecule has 1 aliphatic heterocycles. The van der Waals surface area contributed by atoms with E-state index < -0.39 is 0 Å². The van der Waals surface area contributed by atoms with E-state index >= 15 is 0 Å². The lowest BCUT2D eigenvalue weighted by Crippen LogP contribution is -2.32. The van der Waals surface area contributed by atoms with Crippen LogP contribution < -0.4 is 0 Å². The molecular formula is C15H24N2O. The number of aryl methyl sites for hydroxylation is 1. The Morgan fingerprint density at radius 1 is 1.11 bits per heavy atom. The molecule has 1 N–H and O–H groups in total. The third-order valence-corrected chi connectivity index (χ3v) is 3.71. The van der Waals surface area contributed by atoms with Gasteiger partial charge in [-0.3, -0.25) is 4.90 Å². The molecule has 1 aromatic carbocycles. The number of hydrogen-bond acceptors (Lipinski definition) is 3. The number of nitrogens with zero attached hydrogens (tertiary/aromatic N) is 2. The van der Waals surface area contributed by atoms with E-state index in [0.29, 0.717) is 0 Å². The van der Waals surface area contributed by atoms with Crippen molar-refractivity contribution in [1.29, 1.82) is 0 Å². The molecule has 1 aromatic rings. The van der Waals surface area contributed by atoms with E-state index in [-0.39, 0.29) is 6.10 Å². The van der Waals surface area contributed by atoms with Crippen molar-refractivity contribution in [2.24, 2.45) is 0 Å². The van der Waals surface area contributed by atoms with Crippen LogP contribution in [0.1, 0.15) is 23.7 Å². The zero-order valence-electron chi connectivity index (χ0n) is 11.5. The lowest BCUT2D eigenvalue weighted by molar-refractivity contribution is 0.115. The lowest BCUT2D eigenvalue weighted by atomic mass is 10.1. The predicted octanol–water partition coefficient (Wildman–Crippen LogP) is 1.67. The van der Waals surface area contributed by atoms with E-state index in [0.717, 1.165) is 38.3 Å². The molecule has 3 nitrogen and oxygen atoms in total. The van der Waals surface area contributed by atoms with Crippen molar-refractivity contribution in [3.05, 3.63) is 35.4 Å². The highest BCUT2D eigenvalue weighted by molar-refractivity contribution is 5.23. The van der Waals surface area contributed by atoms with E-state index in [1.54, 1.807) is 0 Å². The van der Waals surface area contributed by atoms with Crippen molar-refractivity contribution < 1.29 is 5.11 Å². The average Bonchev–Trinajstić information content (AvgIpc) is 2.55. The molecule has 0 amide bonds. The van der Waals surface area contributed by atoms with Gasteiger partial charge in [-0.25, -0.2) is 0 Å². The van der Waals surface area contributed by atoms with Crippen molar-refractivity contribution in [2.45, 2.75) is 19.4 Å². The highest BCUT2D eigenvalue weighted by Crippen LogP contribution is 2.16. The zero-order chi connectivity index (χ0) is 13.0. The van der Waals surface area contributed by atoms with Gasteiger partial charge in [0.2, 0.25) is 0 Å². The highest BCUT2D eigenvalue weighted by atomic mass is 16.3. The summed E-state index contributed by atoms with van der Waals surface area (Å²) in [6, 6.07) is 8.19. The molecule has 1 atom stereocenters. The van der Waals surface area contributed by atoms with Gasteiger partial charge in [-0.05, 0) is 39.0 Å². The standard InChI is InChI=1S/C15H24N2O/c1-13-4-6-14(7-5-13)15(18)12-17-9-3-8-16(2)10-11-17/h4-7,15,18H,3,8-12H2,1-2H3. The minimum Gasteiger partial charge on any atom is -0.387 e. The summed E-state index contributed by atoms with van der Waals surface area (Å²) in [5, 5.41) is 10.3. The number of aliphatic hydroxyl groups excluding tert-OH is 1. The molecule has 1 aliphatic rings. The van der Waals surface area contributed by atoms with Crippen LogP contribution in [0.3, 0.4) is 0 Å². The van der Waals surface area contributed by atoms with Gasteiger partial charge in [0.05, 0.1) is 6.10 Å². The maximum Gasteiger partial charge on any atom is 0.0916 e. The van der Waals surface area contributed by atoms with Crippen LogP contribution in [-0.2, 0) is 0 Å². The summed E-state index contributed by atoms with van der Waals surface area (Å²) in [7, 11) is 2.17. The van der Waals surface area contributed by atoms with Crippen LogP contribution in [0.15, 0.2) is 24.3 Å². The number of likely N-dealkylation sites (N-methyl/N-ethyl adjacent to an activating group) is 1. The van der Waals surface area contributed by atoms with E-state index in [9.17, 15) is 5.11 Å². The Morgan fingerprint density at radius 3 is 2.56 bits per heavy atom. The van der Waals surface area contributed by atoms with Crippen molar-refractivity contribution in [2.75, 3.05) is 39.8 Å². The SMILES string of the molecule is Cc1ccc(C(O)CN2CCCN(C)CC2)cc1. The Morgan fingerprint density at radius 2 is 1.83 bits per heavy atom. The second-order valence-electron chi connectivity index (χ2n) is 5.38. The van der Waals surface area contributed by atoms with Gasteiger partial charge in [-0.2, -0.15) is 0 Å². The Balaban J connectivity index is 1.90. The van der Waals surface area contributed by atoms with Gasteiger partial charge in [0.25, 0.3) is 0 Å². The molecule has 0 radical (unpaired) electrons. The Bertz CT molecular complexity index is 363. The van der Waals surface area contributed by atoms with Crippen LogP contribution in [0.2, 0.25) is 0 Å². The molecule has 1 heterocycles. The van der Waals surface area contributed by atoms with E-state index in [1.165, 1.54) is 12.0 Å². The van der Waals surface area contributed by atoms with Crippen molar-refractivity contribution in [1.82, 2.24) is 9.80 Å². The molecule has 0 bridgehead atoms. The lowest BCUT2D eigenvalue weighted by Gasteiger charge is -2.23. The zero-order valence-corrected chi connectivity index (χ0v) is 11.5. The van der Waals surface area contributed by atoms with E-state index in [4.69, 9.17) is 0 Å². The Hall–Kier alpha value is -0.900. The maximum absolute atomic E-state index is 10.3. The molecule has 2 rings (SSSR count). The summed E-state index contributed by atoms with van der Waals surface area (Å²) in [5.74, 6) is 0. The fourth-order valence-corrected chi connectivity index (χ4v) is 2.42. The van der Waals surface area contributed by atoms with Crippen LogP contribution in [0, 0.1) is 6.92 Å². The summed E-state index contributed by atoms with van der Waals surface area (Å²) in [6.07, 6.45) is 0.825. The average molecular weight is 248 g/mol. The molecule has 0 aliphatic carbocycles. The number of benzene rings is 1. The summed E-state index contributed by atoms with van der Waals surface area (Å²) in [6.45, 7) is 7.22. The molecular weight excluding hydrogens is 224 g/mol. The molecule has 1 unspecified atom stereocenters. The first-order chi connectivity index (χ1) is 8.65. The first kappa shape index (κ1) is 13.5. The van der Waals surface area contributed by atoms with Crippen LogP contribution >= 0.6 is 0 Å². The number of aliphatic hydroxyl groups is 1. The van der Waals surface area contributed by atoms with E-state index in [1.807, 2.05) is 12.1 Å². The van der Waals surface area contributed by atoms with Gasteiger partial charge in [-0.1, -0.05) is 29.8 Å². The molecule has 100 valence electrons. The van der Waals surface area contributed by atoms with Gasteiger partial charge in [0.1, 0.15) is 0 Å². The minimum absolute atomic E-state index is 0.367. The quantitative estimate of drug-likeness (QED) is 0.881. The summed E-state index contributed by atoms with van der Waals surface area (Å²) < 4.78 is 0. The fourth-order valence-electron chi connectivity index (χ4n) is 2.42. The van der Waals surface area contributed by atoms with Crippen LogP contribution in [0.25, 0.3) is 0 Å². The second kappa shape index (κ2) is 6.32. The van der Waals surface area contributed by atoms with Gasteiger partial charge in [0, 0.05) is 19.6 Å². The Kier molecular flexibility index (Phi) is 4.75. The third kappa shape index (κ3) is 3.80. The van der Waals surface area contributed by atoms with Crippen molar-refractivity contribution >= 4 is 0 Å². The molecule has 1 saturated heterocycles. The van der Waals surface area contributed by atoms with E-state index in [2.05, 4.69) is 35.9 Å². The summed E-state index contributed by atoms with van der Waals surface area (Å²) in [5.41, 5.74) is 2.26. The van der Waals surface area contributed by atoms with Gasteiger partial charge in [0.15, 0.2) is 0 Å². The summed E-state index contributed by atoms with van der Waals surface area (Å²) in [4.78, 5) is 4.73. The first-order valence-corrected chi connectivity index (χ1v) is 6.80.